The summed E-state index contributed by atoms with van der Waals surface area (Å²) in [7, 11) is 0. The summed E-state index contributed by atoms with van der Waals surface area (Å²) in [6.45, 7) is 3.54. The van der Waals surface area contributed by atoms with Gasteiger partial charge in [-0.05, 0) is 57.9 Å². The van der Waals surface area contributed by atoms with Crippen LogP contribution in [0.1, 0.15) is 39.5 Å². The lowest BCUT2D eigenvalue weighted by molar-refractivity contribution is -0.287. The Morgan fingerprint density at radius 1 is 0.500 bits per heavy atom. The van der Waals surface area contributed by atoms with Crippen LogP contribution in [0.15, 0.2) is 109 Å². The zero-order valence-corrected chi connectivity index (χ0v) is 28.2. The van der Waals surface area contributed by atoms with Crippen molar-refractivity contribution in [2.24, 2.45) is 0 Å². The predicted molar refractivity (Wildman–Crippen MR) is 186 cm³/mol. The Balaban J connectivity index is 1.45. The van der Waals surface area contributed by atoms with Gasteiger partial charge in [-0.15, -0.1) is 23.2 Å². The first-order chi connectivity index (χ1) is 23.3. The van der Waals surface area contributed by atoms with Crippen LogP contribution < -0.4 is 18.9 Å². The molecule has 0 heterocycles. The second kappa shape index (κ2) is 16.0. The maximum Gasteiger partial charge on any atom is 0.418 e. The number of carbonyl (C=O) groups is 2. The van der Waals surface area contributed by atoms with Gasteiger partial charge in [0.2, 0.25) is 0 Å². The smallest absolute Gasteiger partial charge is 0.418 e. The van der Waals surface area contributed by atoms with Gasteiger partial charge in [0, 0.05) is 17.8 Å². The molecule has 5 aromatic rings. The van der Waals surface area contributed by atoms with Crippen molar-refractivity contribution in [1.29, 1.82) is 0 Å². The molecule has 0 aliphatic rings. The summed E-state index contributed by atoms with van der Waals surface area (Å²) in [6, 6.07) is 33.2. The van der Waals surface area contributed by atoms with E-state index in [-0.39, 0.29) is 48.9 Å². The van der Waals surface area contributed by atoms with E-state index >= 15 is 0 Å². The molecule has 5 aromatic carbocycles. The van der Waals surface area contributed by atoms with Crippen molar-refractivity contribution in [2.75, 3.05) is 11.8 Å². The number of hydrogen-bond donors (Lipinski definition) is 0. The third kappa shape index (κ3) is 8.82. The summed E-state index contributed by atoms with van der Waals surface area (Å²) in [4.78, 5) is 25.5. The highest BCUT2D eigenvalue weighted by Gasteiger charge is 2.41. The van der Waals surface area contributed by atoms with Crippen molar-refractivity contribution in [1.82, 2.24) is 0 Å². The third-order valence-electron chi connectivity index (χ3n) is 7.34. The summed E-state index contributed by atoms with van der Waals surface area (Å²) >= 11 is 11.7. The molecule has 10 heteroatoms. The summed E-state index contributed by atoms with van der Waals surface area (Å²) in [5.74, 6) is -3.40. The largest absolute Gasteiger partial charge is 0.421 e. The van der Waals surface area contributed by atoms with Crippen LogP contribution in [-0.2, 0) is 19.1 Å². The molecular formula is C38H36Cl2O8. The minimum absolute atomic E-state index is 0.0459. The van der Waals surface area contributed by atoms with Crippen LogP contribution in [0.5, 0.6) is 23.0 Å². The number of carbonyl (C=O) groups excluding carboxylic acids is 2. The highest BCUT2D eigenvalue weighted by atomic mass is 35.5. The molecule has 2 unspecified atom stereocenters. The van der Waals surface area contributed by atoms with E-state index in [1.54, 1.807) is 50.2 Å². The second-order valence-corrected chi connectivity index (χ2v) is 11.6. The van der Waals surface area contributed by atoms with Gasteiger partial charge in [0.25, 0.3) is 0 Å². The first-order valence-electron chi connectivity index (χ1n) is 15.7. The van der Waals surface area contributed by atoms with Crippen molar-refractivity contribution >= 4 is 56.7 Å². The van der Waals surface area contributed by atoms with Gasteiger partial charge in [0.15, 0.2) is 0 Å². The van der Waals surface area contributed by atoms with Crippen LogP contribution in [0, 0.1) is 0 Å². The molecule has 0 aliphatic carbocycles. The second-order valence-electron chi connectivity index (χ2n) is 10.8. The SMILES string of the molecule is CCC(OC(=O)CCCl)(Oc1cccc(OC(CC)(OC(=O)CCCl)Oc2ccc3ccccc3c2)c1)Oc1ccc2ccccc2c1. The summed E-state index contributed by atoms with van der Waals surface area (Å²) in [6.07, 6.45) is 0.156. The molecule has 0 bridgehead atoms. The van der Waals surface area contributed by atoms with Crippen LogP contribution in [0.2, 0.25) is 0 Å². The fraction of sp³-hybridized carbons (Fsp3) is 0.263. The molecule has 0 aliphatic heterocycles. The number of esters is 2. The van der Waals surface area contributed by atoms with Gasteiger partial charge in [-0.2, -0.15) is 0 Å². The quantitative estimate of drug-likeness (QED) is 0.0575. The van der Waals surface area contributed by atoms with Crippen molar-refractivity contribution in [3.8, 4) is 23.0 Å². The molecule has 8 nitrogen and oxygen atoms in total. The van der Waals surface area contributed by atoms with Crippen LogP contribution in [-0.4, -0.2) is 35.6 Å². The Bertz CT molecular complexity index is 1730. The number of rotatable bonds is 16. The molecule has 0 spiro atoms. The molecule has 0 radical (unpaired) electrons. The number of halogens is 2. The molecule has 0 saturated heterocycles. The first kappa shape index (κ1) is 34.7. The molecule has 5 rings (SSSR count). The lowest BCUT2D eigenvalue weighted by atomic mass is 10.1. The maximum atomic E-state index is 12.7. The van der Waals surface area contributed by atoms with Gasteiger partial charge in [-0.25, -0.2) is 0 Å². The minimum Gasteiger partial charge on any atom is -0.421 e. The molecule has 0 aromatic heterocycles. The Morgan fingerprint density at radius 3 is 1.25 bits per heavy atom. The average molecular weight is 692 g/mol. The Labute approximate surface area is 289 Å². The number of hydrogen-bond acceptors (Lipinski definition) is 8. The molecule has 0 amide bonds. The highest BCUT2D eigenvalue weighted by Crippen LogP contribution is 2.34. The summed E-state index contributed by atoms with van der Waals surface area (Å²) in [5, 5.41) is 3.92. The number of benzene rings is 5. The number of ether oxygens (including phenoxy) is 6. The molecule has 250 valence electrons. The van der Waals surface area contributed by atoms with Crippen molar-refractivity contribution in [3.63, 3.8) is 0 Å². The first-order valence-corrected chi connectivity index (χ1v) is 16.7. The zero-order chi connectivity index (χ0) is 34.0. The van der Waals surface area contributed by atoms with Gasteiger partial charge in [0.1, 0.15) is 23.0 Å². The van der Waals surface area contributed by atoms with Gasteiger partial charge < -0.3 is 28.4 Å². The Hall–Kier alpha value is -4.66. The molecule has 48 heavy (non-hydrogen) atoms. The van der Waals surface area contributed by atoms with E-state index in [9.17, 15) is 9.59 Å². The molecule has 0 saturated carbocycles. The Kier molecular flexibility index (Phi) is 11.5. The van der Waals surface area contributed by atoms with Gasteiger partial charge in [0.05, 0.1) is 25.7 Å². The predicted octanol–water partition coefficient (Wildman–Crippen LogP) is 9.38. The standard InChI is InChI=1S/C38H36Cl2O8/c1-3-37(47-35(41)20-22-39,45-33-18-16-27-10-5-7-12-29(27)24-33)43-31-14-9-15-32(26-31)44-38(4-2,48-36(42)21-23-40)46-34-19-17-28-11-6-8-13-30(28)25-34/h5-19,24-26H,3-4,20-23H2,1-2H3. The van der Waals surface area contributed by atoms with E-state index in [4.69, 9.17) is 51.6 Å². The van der Waals surface area contributed by atoms with Crippen molar-refractivity contribution < 1.29 is 38.0 Å². The van der Waals surface area contributed by atoms with E-state index < -0.39 is 23.9 Å². The molecule has 2 atom stereocenters. The maximum absolute atomic E-state index is 12.7. The highest BCUT2D eigenvalue weighted by molar-refractivity contribution is 6.19. The summed E-state index contributed by atoms with van der Waals surface area (Å²) in [5.41, 5.74) is 0. The van der Waals surface area contributed by atoms with Gasteiger partial charge in [-0.1, -0.05) is 80.6 Å². The minimum atomic E-state index is -1.85. The van der Waals surface area contributed by atoms with Crippen LogP contribution in [0.4, 0.5) is 0 Å². The fourth-order valence-corrected chi connectivity index (χ4v) is 5.25. The van der Waals surface area contributed by atoms with Crippen molar-refractivity contribution in [2.45, 2.75) is 51.5 Å². The monoisotopic (exact) mass is 690 g/mol. The van der Waals surface area contributed by atoms with E-state index in [2.05, 4.69) is 0 Å². The molecule has 0 N–H and O–H groups in total. The van der Waals surface area contributed by atoms with E-state index in [0.717, 1.165) is 21.5 Å². The lowest BCUT2D eigenvalue weighted by Gasteiger charge is -2.33. The van der Waals surface area contributed by atoms with Crippen molar-refractivity contribution in [3.05, 3.63) is 109 Å². The third-order valence-corrected chi connectivity index (χ3v) is 7.72. The van der Waals surface area contributed by atoms with E-state index in [1.165, 1.54) is 0 Å². The normalized spacial score (nSPS) is 13.6. The molecular weight excluding hydrogens is 655 g/mol. The topological polar surface area (TPSA) is 89.5 Å². The van der Waals surface area contributed by atoms with Crippen LogP contribution in [0.25, 0.3) is 21.5 Å². The van der Waals surface area contributed by atoms with Crippen LogP contribution in [0.3, 0.4) is 0 Å². The number of fused-ring (bicyclic) bond motifs is 2. The molecule has 0 fully saturated rings. The zero-order valence-electron chi connectivity index (χ0n) is 26.7. The van der Waals surface area contributed by atoms with Gasteiger partial charge >= 0.3 is 23.9 Å². The van der Waals surface area contributed by atoms with Crippen LogP contribution >= 0.6 is 23.2 Å². The summed E-state index contributed by atoms with van der Waals surface area (Å²) < 4.78 is 36.7. The van der Waals surface area contributed by atoms with E-state index in [1.807, 2.05) is 72.8 Å². The van der Waals surface area contributed by atoms with E-state index in [0.29, 0.717) is 11.5 Å². The number of alkyl halides is 2. The lowest BCUT2D eigenvalue weighted by Crippen LogP contribution is -2.47. The Morgan fingerprint density at radius 2 is 0.875 bits per heavy atom. The average Bonchev–Trinajstić information content (AvgIpc) is 3.08. The fourth-order valence-electron chi connectivity index (χ4n) is 4.94. The van der Waals surface area contributed by atoms with Gasteiger partial charge in [-0.3, -0.25) is 9.59 Å².